The first-order valence-electron chi connectivity index (χ1n) is 5.53. The monoisotopic (exact) mass is 225 g/mol. The number of hydrogen-bond acceptors (Lipinski definition) is 3. The van der Waals surface area contributed by atoms with Gasteiger partial charge in [-0.2, -0.15) is 0 Å². The van der Waals surface area contributed by atoms with E-state index in [9.17, 15) is 4.79 Å². The maximum atomic E-state index is 11.5. The number of rotatable bonds is 6. The third-order valence-electron chi connectivity index (χ3n) is 2.46. The molecule has 16 heavy (non-hydrogen) atoms. The number of carbonyl (C=O) groups is 1. The summed E-state index contributed by atoms with van der Waals surface area (Å²) < 4.78 is 5.42. The maximum Gasteiger partial charge on any atom is 0.222 e. The van der Waals surface area contributed by atoms with Crippen LogP contribution >= 0.6 is 0 Å². The molecule has 1 heterocycles. The third-order valence-corrected chi connectivity index (χ3v) is 2.46. The molecular weight excluding hydrogens is 206 g/mol. The van der Waals surface area contributed by atoms with Gasteiger partial charge in [0.1, 0.15) is 11.5 Å². The topological polar surface area (TPSA) is 53.7 Å². The van der Waals surface area contributed by atoms with Gasteiger partial charge in [0.2, 0.25) is 5.91 Å². The van der Waals surface area contributed by atoms with Crippen molar-refractivity contribution in [3.05, 3.63) is 23.7 Å². The number of aryl methyl sites for hydroxylation is 1. The maximum absolute atomic E-state index is 11.5. The van der Waals surface area contributed by atoms with Crippen LogP contribution in [0.15, 0.2) is 16.5 Å². The Bertz CT molecular complexity index is 333. The predicted molar refractivity (Wildman–Crippen MR) is 61.1 cm³/mol. The molecule has 1 rings (SSSR count). The number of aliphatic hydroxyl groups excluding tert-OH is 1. The second kappa shape index (κ2) is 6.33. The van der Waals surface area contributed by atoms with E-state index in [0.717, 1.165) is 17.9 Å². The highest BCUT2D eigenvalue weighted by Crippen LogP contribution is 2.07. The first-order chi connectivity index (χ1) is 7.63. The van der Waals surface area contributed by atoms with Gasteiger partial charge in [0.15, 0.2) is 0 Å². The van der Waals surface area contributed by atoms with Gasteiger partial charge in [-0.3, -0.25) is 4.79 Å². The van der Waals surface area contributed by atoms with Crippen LogP contribution in [0.2, 0.25) is 0 Å². The number of aliphatic hydroxyl groups is 1. The molecule has 0 unspecified atom stereocenters. The molecule has 0 aromatic carbocycles. The number of furan rings is 1. The van der Waals surface area contributed by atoms with E-state index in [0.29, 0.717) is 19.4 Å². The van der Waals surface area contributed by atoms with Crippen LogP contribution in [0.5, 0.6) is 0 Å². The Morgan fingerprint density at radius 3 is 2.81 bits per heavy atom. The SMILES string of the molecule is Cc1ccc(CCN(C)C(=O)CCCO)o1. The molecule has 1 N–H and O–H groups in total. The molecule has 0 atom stereocenters. The average Bonchev–Trinajstić information content (AvgIpc) is 2.68. The van der Waals surface area contributed by atoms with Crippen LogP contribution < -0.4 is 0 Å². The number of amides is 1. The Hall–Kier alpha value is -1.29. The van der Waals surface area contributed by atoms with Crippen molar-refractivity contribution in [2.75, 3.05) is 20.2 Å². The minimum atomic E-state index is 0.0664. The zero-order chi connectivity index (χ0) is 12.0. The fourth-order valence-corrected chi connectivity index (χ4v) is 1.44. The molecule has 0 aliphatic carbocycles. The molecule has 0 bridgehead atoms. The van der Waals surface area contributed by atoms with Crippen molar-refractivity contribution in [3.63, 3.8) is 0 Å². The number of likely N-dealkylation sites (N-methyl/N-ethyl adjacent to an activating group) is 1. The highest BCUT2D eigenvalue weighted by Gasteiger charge is 2.08. The summed E-state index contributed by atoms with van der Waals surface area (Å²) in [5, 5.41) is 8.62. The van der Waals surface area contributed by atoms with Gasteiger partial charge in [-0.15, -0.1) is 0 Å². The zero-order valence-electron chi connectivity index (χ0n) is 9.90. The van der Waals surface area contributed by atoms with E-state index < -0.39 is 0 Å². The quantitative estimate of drug-likeness (QED) is 0.795. The Morgan fingerprint density at radius 1 is 1.50 bits per heavy atom. The van der Waals surface area contributed by atoms with Gasteiger partial charge in [-0.25, -0.2) is 0 Å². The van der Waals surface area contributed by atoms with E-state index in [4.69, 9.17) is 9.52 Å². The van der Waals surface area contributed by atoms with Crippen LogP contribution in [-0.2, 0) is 11.2 Å². The lowest BCUT2D eigenvalue weighted by atomic mass is 10.2. The van der Waals surface area contributed by atoms with Gasteiger partial charge < -0.3 is 14.4 Å². The molecule has 90 valence electrons. The zero-order valence-corrected chi connectivity index (χ0v) is 9.90. The summed E-state index contributed by atoms with van der Waals surface area (Å²) in [7, 11) is 1.77. The summed E-state index contributed by atoms with van der Waals surface area (Å²) in [4.78, 5) is 13.2. The molecule has 0 spiro atoms. The molecule has 1 aromatic heterocycles. The van der Waals surface area contributed by atoms with E-state index >= 15 is 0 Å². The molecule has 1 aromatic rings. The first-order valence-corrected chi connectivity index (χ1v) is 5.53. The van der Waals surface area contributed by atoms with Gasteiger partial charge in [0.25, 0.3) is 0 Å². The van der Waals surface area contributed by atoms with Crippen molar-refractivity contribution in [3.8, 4) is 0 Å². The number of nitrogens with zero attached hydrogens (tertiary/aromatic N) is 1. The van der Waals surface area contributed by atoms with Crippen molar-refractivity contribution in [2.45, 2.75) is 26.2 Å². The summed E-state index contributed by atoms with van der Waals surface area (Å²) in [5.74, 6) is 1.86. The minimum absolute atomic E-state index is 0.0664. The lowest BCUT2D eigenvalue weighted by Crippen LogP contribution is -2.28. The van der Waals surface area contributed by atoms with Gasteiger partial charge in [0, 0.05) is 33.0 Å². The van der Waals surface area contributed by atoms with Crippen LogP contribution in [0.1, 0.15) is 24.4 Å². The number of carbonyl (C=O) groups excluding carboxylic acids is 1. The lowest BCUT2D eigenvalue weighted by molar-refractivity contribution is -0.130. The predicted octanol–water partition coefficient (Wildman–Crippen LogP) is 1.36. The first kappa shape index (κ1) is 12.8. The third kappa shape index (κ3) is 4.06. The van der Waals surface area contributed by atoms with E-state index in [-0.39, 0.29) is 12.5 Å². The van der Waals surface area contributed by atoms with Crippen LogP contribution in [0.3, 0.4) is 0 Å². The highest BCUT2D eigenvalue weighted by atomic mass is 16.3. The van der Waals surface area contributed by atoms with Crippen molar-refractivity contribution >= 4 is 5.91 Å². The van der Waals surface area contributed by atoms with E-state index in [1.807, 2.05) is 19.1 Å². The Labute approximate surface area is 95.9 Å². The summed E-state index contributed by atoms with van der Waals surface area (Å²) in [6.07, 6.45) is 1.67. The fraction of sp³-hybridized carbons (Fsp3) is 0.583. The number of hydrogen-bond donors (Lipinski definition) is 1. The van der Waals surface area contributed by atoms with Crippen molar-refractivity contribution in [1.82, 2.24) is 4.90 Å². The molecule has 0 radical (unpaired) electrons. The Balaban J connectivity index is 2.29. The van der Waals surface area contributed by atoms with Crippen LogP contribution in [0, 0.1) is 6.92 Å². The minimum Gasteiger partial charge on any atom is -0.466 e. The van der Waals surface area contributed by atoms with Gasteiger partial charge >= 0.3 is 0 Å². The molecule has 4 heteroatoms. The molecule has 0 saturated carbocycles. The van der Waals surface area contributed by atoms with Crippen molar-refractivity contribution in [1.29, 1.82) is 0 Å². The molecule has 0 aliphatic rings. The standard InChI is InChI=1S/C12H19NO3/c1-10-5-6-11(16-10)7-8-13(2)12(15)4-3-9-14/h5-6,14H,3-4,7-9H2,1-2H3. The average molecular weight is 225 g/mol. The van der Waals surface area contributed by atoms with Crippen LogP contribution in [0.25, 0.3) is 0 Å². The molecule has 0 saturated heterocycles. The molecule has 0 aliphatic heterocycles. The molecule has 4 nitrogen and oxygen atoms in total. The van der Waals surface area contributed by atoms with Crippen LogP contribution in [-0.4, -0.2) is 36.1 Å². The lowest BCUT2D eigenvalue weighted by Gasteiger charge is -2.15. The van der Waals surface area contributed by atoms with Crippen molar-refractivity contribution in [2.24, 2.45) is 0 Å². The highest BCUT2D eigenvalue weighted by molar-refractivity contribution is 5.75. The largest absolute Gasteiger partial charge is 0.466 e. The normalized spacial score (nSPS) is 10.4. The smallest absolute Gasteiger partial charge is 0.222 e. The second-order valence-electron chi connectivity index (χ2n) is 3.90. The van der Waals surface area contributed by atoms with Gasteiger partial charge in [-0.05, 0) is 25.5 Å². The van der Waals surface area contributed by atoms with E-state index in [1.165, 1.54) is 0 Å². The van der Waals surface area contributed by atoms with Gasteiger partial charge in [-0.1, -0.05) is 0 Å². The fourth-order valence-electron chi connectivity index (χ4n) is 1.44. The van der Waals surface area contributed by atoms with Crippen LogP contribution in [0.4, 0.5) is 0 Å². The summed E-state index contributed by atoms with van der Waals surface area (Å²) >= 11 is 0. The van der Waals surface area contributed by atoms with E-state index in [1.54, 1.807) is 11.9 Å². The summed E-state index contributed by atoms with van der Waals surface area (Å²) in [6.45, 7) is 2.62. The Morgan fingerprint density at radius 2 is 2.25 bits per heavy atom. The molecule has 1 amide bonds. The van der Waals surface area contributed by atoms with Gasteiger partial charge in [0.05, 0.1) is 0 Å². The van der Waals surface area contributed by atoms with E-state index in [2.05, 4.69) is 0 Å². The Kier molecular flexibility index (Phi) is 5.05. The second-order valence-corrected chi connectivity index (χ2v) is 3.90. The summed E-state index contributed by atoms with van der Waals surface area (Å²) in [6, 6.07) is 3.85. The molecular formula is C12H19NO3. The molecule has 0 fully saturated rings. The van der Waals surface area contributed by atoms with Crippen molar-refractivity contribution < 1.29 is 14.3 Å². The summed E-state index contributed by atoms with van der Waals surface area (Å²) in [5.41, 5.74) is 0.